The Bertz CT molecular complexity index is 779. The van der Waals surface area contributed by atoms with Crippen molar-refractivity contribution in [2.24, 2.45) is 0 Å². The number of rotatable bonds is 4. The Morgan fingerprint density at radius 3 is 2.80 bits per heavy atom. The summed E-state index contributed by atoms with van der Waals surface area (Å²) in [7, 11) is -3.94. The Labute approximate surface area is 120 Å². The van der Waals surface area contributed by atoms with E-state index in [9.17, 15) is 8.42 Å². The van der Waals surface area contributed by atoms with E-state index in [1.807, 2.05) is 6.07 Å². The maximum atomic E-state index is 12.1. The second-order valence-corrected chi connectivity index (χ2v) is 5.79. The van der Waals surface area contributed by atoms with Crippen molar-refractivity contribution in [2.45, 2.75) is 18.2 Å². The maximum Gasteiger partial charge on any atom is 0.277 e. The van der Waals surface area contributed by atoms with Gasteiger partial charge in [0.1, 0.15) is 4.90 Å². The van der Waals surface area contributed by atoms with Crippen LogP contribution in [0, 0.1) is 11.3 Å². The fourth-order valence-corrected chi connectivity index (χ4v) is 2.88. The fraction of sp³-hybridized carbons (Fsp3) is 0.182. The van der Waals surface area contributed by atoms with Gasteiger partial charge in [0, 0.05) is 6.42 Å². The number of sulfonamides is 1. The van der Waals surface area contributed by atoms with Crippen molar-refractivity contribution in [1.82, 2.24) is 10.1 Å². The third-order valence-electron chi connectivity index (χ3n) is 2.35. The third kappa shape index (κ3) is 2.89. The molecular weight excluding hydrogens is 304 g/mol. The van der Waals surface area contributed by atoms with E-state index in [4.69, 9.17) is 21.4 Å². The van der Waals surface area contributed by atoms with Gasteiger partial charge in [-0.1, -0.05) is 18.5 Å². The highest BCUT2D eigenvalue weighted by atomic mass is 35.5. The molecule has 1 N–H and O–H groups in total. The molecule has 1 aromatic carbocycles. The molecule has 0 radical (unpaired) electrons. The number of benzene rings is 1. The quantitative estimate of drug-likeness (QED) is 0.924. The van der Waals surface area contributed by atoms with E-state index in [-0.39, 0.29) is 21.4 Å². The molecule has 0 bridgehead atoms. The van der Waals surface area contributed by atoms with Gasteiger partial charge >= 0.3 is 0 Å². The number of hydrogen-bond acceptors (Lipinski definition) is 6. The average Bonchev–Trinajstić information content (AvgIpc) is 2.85. The summed E-state index contributed by atoms with van der Waals surface area (Å²) < 4.78 is 31.2. The number of anilines is 1. The molecule has 0 aliphatic carbocycles. The first kappa shape index (κ1) is 14.3. The molecule has 0 atom stereocenters. The van der Waals surface area contributed by atoms with Crippen LogP contribution in [-0.2, 0) is 16.4 Å². The topological polar surface area (TPSA) is 109 Å². The van der Waals surface area contributed by atoms with Crippen molar-refractivity contribution in [1.29, 1.82) is 5.26 Å². The van der Waals surface area contributed by atoms with Crippen molar-refractivity contribution in [3.05, 3.63) is 34.7 Å². The Balaban J connectivity index is 2.33. The van der Waals surface area contributed by atoms with Gasteiger partial charge in [-0.3, -0.25) is 0 Å². The van der Waals surface area contributed by atoms with E-state index in [2.05, 4.69) is 14.9 Å². The van der Waals surface area contributed by atoms with Crippen LogP contribution >= 0.6 is 11.6 Å². The fourth-order valence-electron chi connectivity index (χ4n) is 1.40. The first-order chi connectivity index (χ1) is 9.46. The Morgan fingerprint density at radius 2 is 2.25 bits per heavy atom. The van der Waals surface area contributed by atoms with E-state index in [0.29, 0.717) is 12.3 Å². The normalized spacial score (nSPS) is 11.1. The molecule has 0 spiro atoms. The number of nitrogens with one attached hydrogen (secondary N) is 1. The molecule has 9 heteroatoms. The summed E-state index contributed by atoms with van der Waals surface area (Å²) in [5.41, 5.74) is 0.266. The van der Waals surface area contributed by atoms with Gasteiger partial charge in [-0.25, -0.2) is 13.1 Å². The van der Waals surface area contributed by atoms with Crippen LogP contribution in [0.2, 0.25) is 5.02 Å². The van der Waals surface area contributed by atoms with Gasteiger partial charge < -0.3 is 4.52 Å². The second kappa shape index (κ2) is 5.48. The molecule has 2 aromatic rings. The van der Waals surface area contributed by atoms with Gasteiger partial charge in [-0.2, -0.15) is 10.2 Å². The number of hydrogen-bond donors (Lipinski definition) is 1. The smallest absolute Gasteiger partial charge is 0.277 e. The number of halogens is 1. The number of aromatic nitrogens is 2. The molecule has 0 amide bonds. The lowest BCUT2D eigenvalue weighted by molar-refractivity contribution is 0.383. The van der Waals surface area contributed by atoms with Crippen LogP contribution in [0.3, 0.4) is 0 Å². The van der Waals surface area contributed by atoms with Crippen LogP contribution in [0.25, 0.3) is 0 Å². The van der Waals surface area contributed by atoms with Gasteiger partial charge in [-0.05, 0) is 23.4 Å². The summed E-state index contributed by atoms with van der Waals surface area (Å²) in [6.45, 7) is 1.79. The molecule has 0 aliphatic rings. The molecule has 1 heterocycles. The molecule has 0 unspecified atom stereocenters. The highest BCUT2D eigenvalue weighted by Crippen LogP contribution is 2.24. The first-order valence-corrected chi connectivity index (χ1v) is 7.37. The van der Waals surface area contributed by atoms with Crippen molar-refractivity contribution in [2.75, 3.05) is 4.72 Å². The van der Waals surface area contributed by atoms with Gasteiger partial charge in [0.25, 0.3) is 16.0 Å². The predicted molar refractivity (Wildman–Crippen MR) is 70.7 cm³/mol. The van der Waals surface area contributed by atoms with Crippen LogP contribution in [0.15, 0.2) is 27.6 Å². The summed E-state index contributed by atoms with van der Waals surface area (Å²) in [4.78, 5) is 3.67. The largest absolute Gasteiger partial charge is 0.337 e. The van der Waals surface area contributed by atoms with Gasteiger partial charge in [0.15, 0.2) is 0 Å². The molecule has 0 saturated carbocycles. The van der Waals surface area contributed by atoms with Crippen LogP contribution in [0.4, 0.5) is 5.95 Å². The van der Waals surface area contributed by atoms with Crippen LogP contribution in [0.1, 0.15) is 18.4 Å². The van der Waals surface area contributed by atoms with E-state index >= 15 is 0 Å². The monoisotopic (exact) mass is 312 g/mol. The zero-order valence-electron chi connectivity index (χ0n) is 10.3. The lowest BCUT2D eigenvalue weighted by atomic mass is 10.2. The summed E-state index contributed by atoms with van der Waals surface area (Å²) in [6.07, 6.45) is 0.492. The summed E-state index contributed by atoms with van der Waals surface area (Å²) >= 11 is 5.86. The lowest BCUT2D eigenvalue weighted by Gasteiger charge is -2.06. The highest BCUT2D eigenvalue weighted by molar-refractivity contribution is 7.92. The van der Waals surface area contributed by atoms with E-state index in [1.165, 1.54) is 18.2 Å². The minimum Gasteiger partial charge on any atom is -0.337 e. The number of nitrogens with zero attached hydrogens (tertiary/aromatic N) is 3. The SMILES string of the molecule is CCc1nc(NS(=O)(=O)c2ccc(C#N)cc2Cl)no1. The minimum absolute atomic E-state index is 0.0595. The van der Waals surface area contributed by atoms with E-state index in [1.54, 1.807) is 6.92 Å². The summed E-state index contributed by atoms with van der Waals surface area (Å²) in [6, 6.07) is 5.73. The molecule has 7 nitrogen and oxygen atoms in total. The standard InChI is InChI=1S/C11H9ClN4O3S/c1-2-10-14-11(15-19-10)16-20(17,18)9-4-3-7(6-13)5-8(9)12/h3-5H,2H2,1H3,(H,15,16). The maximum absolute atomic E-state index is 12.1. The van der Waals surface area contributed by atoms with E-state index < -0.39 is 10.0 Å². The van der Waals surface area contributed by atoms with Crippen molar-refractivity contribution < 1.29 is 12.9 Å². The molecule has 0 fully saturated rings. The summed E-state index contributed by atoms with van der Waals surface area (Å²) in [5.74, 6) is 0.149. The van der Waals surface area contributed by atoms with Crippen LogP contribution in [-0.4, -0.2) is 18.6 Å². The van der Waals surface area contributed by atoms with Gasteiger partial charge in [-0.15, -0.1) is 0 Å². The van der Waals surface area contributed by atoms with Gasteiger partial charge in [0.05, 0.1) is 16.7 Å². The van der Waals surface area contributed by atoms with Gasteiger partial charge in [0.2, 0.25) is 5.89 Å². The predicted octanol–water partition coefficient (Wildman–Crippen LogP) is 1.96. The second-order valence-electron chi connectivity index (χ2n) is 3.73. The Morgan fingerprint density at radius 1 is 1.50 bits per heavy atom. The third-order valence-corrected chi connectivity index (χ3v) is 4.16. The number of nitriles is 1. The zero-order chi connectivity index (χ0) is 14.8. The average molecular weight is 313 g/mol. The molecule has 0 aliphatic heterocycles. The van der Waals surface area contributed by atoms with Crippen LogP contribution < -0.4 is 4.72 Å². The Kier molecular flexibility index (Phi) is 3.92. The molecule has 0 saturated heterocycles. The minimum atomic E-state index is -3.94. The summed E-state index contributed by atoms with van der Waals surface area (Å²) in [5, 5.41) is 12.1. The van der Waals surface area contributed by atoms with Crippen LogP contribution in [0.5, 0.6) is 0 Å². The molecule has 20 heavy (non-hydrogen) atoms. The Hall–Kier alpha value is -2.11. The molecule has 2 rings (SSSR count). The zero-order valence-corrected chi connectivity index (χ0v) is 11.9. The van der Waals surface area contributed by atoms with Crippen molar-refractivity contribution in [3.8, 4) is 6.07 Å². The van der Waals surface area contributed by atoms with Crippen molar-refractivity contribution in [3.63, 3.8) is 0 Å². The first-order valence-electron chi connectivity index (χ1n) is 5.51. The number of aryl methyl sites for hydroxylation is 1. The van der Waals surface area contributed by atoms with Crippen molar-refractivity contribution >= 4 is 27.6 Å². The molecular formula is C11H9ClN4O3S. The lowest BCUT2D eigenvalue weighted by Crippen LogP contribution is -2.14. The molecule has 104 valence electrons. The molecule has 1 aromatic heterocycles. The highest BCUT2D eigenvalue weighted by Gasteiger charge is 2.20. The van der Waals surface area contributed by atoms with E-state index in [0.717, 1.165) is 0 Å².